The molecule has 0 unspecified atom stereocenters. The largest absolute Gasteiger partial charge is 0.453 e. The molecule has 0 saturated carbocycles. The molecule has 2 aliphatic heterocycles. The summed E-state index contributed by atoms with van der Waals surface area (Å²) < 4.78 is 29.0. The van der Waals surface area contributed by atoms with Crippen molar-refractivity contribution >= 4 is 45.6 Å². The van der Waals surface area contributed by atoms with Crippen LogP contribution in [0.5, 0.6) is 23.0 Å². The van der Waals surface area contributed by atoms with Crippen LogP contribution in [0.25, 0.3) is 33.4 Å². The molecule has 0 radical (unpaired) electrons. The van der Waals surface area contributed by atoms with Crippen molar-refractivity contribution in [3.05, 3.63) is 128 Å². The van der Waals surface area contributed by atoms with E-state index in [1.165, 1.54) is 9.13 Å². The van der Waals surface area contributed by atoms with Gasteiger partial charge in [0, 0.05) is 24.3 Å². The first-order chi connectivity index (χ1) is 27.4. The molecule has 0 atom stereocenters. The number of nitrogens with zero attached hydrogens (tertiary/aromatic N) is 6. The second-order valence-corrected chi connectivity index (χ2v) is 16.4. The highest BCUT2D eigenvalue weighted by atomic mass is 16.6. The van der Waals surface area contributed by atoms with E-state index < -0.39 is 34.8 Å². The fourth-order valence-electron chi connectivity index (χ4n) is 6.99. The lowest BCUT2D eigenvalue weighted by atomic mass is 10.1. The molecule has 0 bridgehead atoms. The normalized spacial score (nSPS) is 13.0. The maximum Gasteiger partial charge on any atom is 0.423 e. The number of rotatable bonds is 2. The van der Waals surface area contributed by atoms with Gasteiger partial charge in [0.25, 0.3) is 0 Å². The summed E-state index contributed by atoms with van der Waals surface area (Å²) in [5.74, 6) is 1.43. The first-order valence-corrected chi connectivity index (χ1v) is 18.6. The Morgan fingerprint density at radius 2 is 0.879 bits per heavy atom. The molecule has 2 aromatic heterocycles. The van der Waals surface area contributed by atoms with Gasteiger partial charge in [-0.25, -0.2) is 29.2 Å². The summed E-state index contributed by atoms with van der Waals surface area (Å²) in [6.45, 7) is 14.3. The second-order valence-electron chi connectivity index (χ2n) is 16.4. The van der Waals surface area contributed by atoms with Gasteiger partial charge in [0.05, 0.1) is 33.4 Å². The Morgan fingerprint density at radius 1 is 0.517 bits per heavy atom. The highest BCUT2D eigenvalue weighted by Crippen LogP contribution is 2.41. The topological polar surface area (TPSA) is 150 Å². The Morgan fingerprint density at radius 3 is 1.22 bits per heavy atom. The van der Waals surface area contributed by atoms with Gasteiger partial charge in [0.15, 0.2) is 23.0 Å². The number of imidazole rings is 2. The number of benzene rings is 5. The summed E-state index contributed by atoms with van der Waals surface area (Å²) in [6.07, 6.45) is -1.65. The highest BCUT2D eigenvalue weighted by molar-refractivity contribution is 5.93. The number of hydrogen-bond donors (Lipinski definition) is 0. The Hall–Kier alpha value is -7.22. The molecule has 7 aromatic rings. The van der Waals surface area contributed by atoms with Crippen molar-refractivity contribution in [2.24, 2.45) is 9.98 Å². The zero-order chi connectivity index (χ0) is 41.0. The lowest BCUT2D eigenvalue weighted by Gasteiger charge is -2.20. The third kappa shape index (κ3) is 6.13. The van der Waals surface area contributed by atoms with Gasteiger partial charge in [0.1, 0.15) is 33.3 Å². The minimum Gasteiger partial charge on any atom is -0.453 e. The van der Waals surface area contributed by atoms with Crippen LogP contribution in [0.4, 0.5) is 21.0 Å². The van der Waals surface area contributed by atoms with Gasteiger partial charge >= 0.3 is 23.6 Å². The number of ether oxygens (including phenoxy) is 4. The number of carbonyl (C=O) groups excluding carboxylic acids is 2. The van der Waals surface area contributed by atoms with Crippen molar-refractivity contribution in [1.82, 2.24) is 18.3 Å². The Balaban J connectivity index is 1.19. The summed E-state index contributed by atoms with van der Waals surface area (Å²) in [5, 5.41) is 0.837. The number of hydrogen-bond acceptors (Lipinski definition) is 10. The molecule has 0 aliphatic carbocycles. The van der Waals surface area contributed by atoms with Gasteiger partial charge in [-0.3, -0.25) is 9.13 Å². The summed E-state index contributed by atoms with van der Waals surface area (Å²) in [6, 6.07) is 24.7. The van der Waals surface area contributed by atoms with Crippen molar-refractivity contribution in [1.29, 1.82) is 0 Å². The fraction of sp³-hybridized carbons (Fsp3) is 0.227. The molecular formula is C44H38N6O8. The van der Waals surface area contributed by atoms with Crippen LogP contribution in [0.15, 0.2) is 105 Å². The van der Waals surface area contributed by atoms with Gasteiger partial charge in [-0.15, -0.1) is 0 Å². The number of carbonyl (C=O) groups is 2. The van der Waals surface area contributed by atoms with Crippen LogP contribution in [-0.2, 0) is 9.47 Å². The van der Waals surface area contributed by atoms with Crippen molar-refractivity contribution in [3.63, 3.8) is 0 Å². The van der Waals surface area contributed by atoms with E-state index in [2.05, 4.69) is 0 Å². The van der Waals surface area contributed by atoms with Crippen molar-refractivity contribution in [2.75, 3.05) is 0 Å². The molecule has 0 saturated heterocycles. The molecule has 0 fully saturated rings. The maximum atomic E-state index is 14.0. The van der Waals surface area contributed by atoms with E-state index in [4.69, 9.17) is 28.9 Å². The number of aryl methyl sites for hydroxylation is 2. The van der Waals surface area contributed by atoms with Crippen molar-refractivity contribution < 1.29 is 28.5 Å². The third-order valence-electron chi connectivity index (χ3n) is 9.54. The predicted octanol–water partition coefficient (Wildman–Crippen LogP) is 8.20. The van der Waals surface area contributed by atoms with E-state index in [0.29, 0.717) is 67.5 Å². The monoisotopic (exact) mass is 778 g/mol. The zero-order valence-corrected chi connectivity index (χ0v) is 33.0. The Kier molecular flexibility index (Phi) is 7.94. The summed E-state index contributed by atoms with van der Waals surface area (Å²) in [4.78, 5) is 64.8. The van der Waals surface area contributed by atoms with Crippen LogP contribution in [0.3, 0.4) is 0 Å². The minimum atomic E-state index is -0.857. The van der Waals surface area contributed by atoms with E-state index >= 15 is 0 Å². The smallest absolute Gasteiger partial charge is 0.423 e. The molecule has 4 heterocycles. The summed E-state index contributed by atoms with van der Waals surface area (Å²) in [7, 11) is 0. The SMILES string of the molecule is Cc1ccc(-n2c(=O)n(C(=O)OC(C)(C)C)c3cc4c(cc32)Oc2cc3c(cc2=N4)Oc2cc4c(cc2N=3)n(C(=O)OC(C)(C)C)c(=O)n4-c2ccc(C)cc2)cc1. The first kappa shape index (κ1) is 36.4. The van der Waals surface area contributed by atoms with E-state index in [1.54, 1.807) is 102 Å². The average molecular weight is 779 g/mol. The fourth-order valence-corrected chi connectivity index (χ4v) is 6.99. The summed E-state index contributed by atoms with van der Waals surface area (Å²) >= 11 is 0. The molecular weight excluding hydrogens is 741 g/mol. The molecule has 0 spiro atoms. The molecule has 14 heteroatoms. The molecule has 9 rings (SSSR count). The lowest BCUT2D eigenvalue weighted by Crippen LogP contribution is -2.34. The van der Waals surface area contributed by atoms with Crippen LogP contribution < -0.4 is 31.6 Å². The third-order valence-corrected chi connectivity index (χ3v) is 9.54. The van der Waals surface area contributed by atoms with Crippen LogP contribution in [0.2, 0.25) is 0 Å². The van der Waals surface area contributed by atoms with Gasteiger partial charge < -0.3 is 18.9 Å². The van der Waals surface area contributed by atoms with Gasteiger partial charge in [-0.2, -0.15) is 9.13 Å². The molecule has 5 aromatic carbocycles. The van der Waals surface area contributed by atoms with E-state index in [1.807, 2.05) is 38.1 Å². The zero-order valence-electron chi connectivity index (χ0n) is 33.0. The maximum absolute atomic E-state index is 14.0. The molecule has 0 N–H and O–H groups in total. The number of fused-ring (bicyclic) bond motifs is 6. The minimum absolute atomic E-state index is 0.287. The lowest BCUT2D eigenvalue weighted by molar-refractivity contribution is 0.0526. The van der Waals surface area contributed by atoms with Crippen LogP contribution in [0, 0.1) is 13.8 Å². The molecule has 14 nitrogen and oxygen atoms in total. The van der Waals surface area contributed by atoms with Crippen LogP contribution >= 0.6 is 0 Å². The average Bonchev–Trinajstić information content (AvgIpc) is 3.58. The molecule has 2 aliphatic rings. The summed E-state index contributed by atoms with van der Waals surface area (Å²) in [5.41, 5.74) is 2.35. The van der Waals surface area contributed by atoms with Gasteiger partial charge in [-0.1, -0.05) is 35.4 Å². The highest BCUT2D eigenvalue weighted by Gasteiger charge is 2.30. The number of aromatic nitrogens is 4. The Bertz CT molecular complexity index is 2960. The van der Waals surface area contributed by atoms with Crippen molar-refractivity contribution in [3.8, 4) is 34.4 Å². The predicted molar refractivity (Wildman–Crippen MR) is 216 cm³/mol. The van der Waals surface area contributed by atoms with E-state index in [0.717, 1.165) is 20.3 Å². The molecule has 58 heavy (non-hydrogen) atoms. The second kappa shape index (κ2) is 12.6. The van der Waals surface area contributed by atoms with Crippen LogP contribution in [-0.4, -0.2) is 41.7 Å². The quantitative estimate of drug-likeness (QED) is 0.171. The standard InChI is InChI=1S/C44H38N6O8/c1-23-9-13-25(14-10-23)47-33-21-37-27(17-31(33)49(39(47)51)41(53)57-43(3,4)5)45-29-20-36-30(19-35(29)55-37)46-28-18-32-34(22-38(28)56-36)48(26-15-11-24(2)12-16-26)40(52)50(32)42(54)58-44(6,7)8/h9-22H,1-8H3. The van der Waals surface area contributed by atoms with Gasteiger partial charge in [-0.05, 0) is 91.8 Å². The molecule has 0 amide bonds. The van der Waals surface area contributed by atoms with Crippen molar-refractivity contribution in [2.45, 2.75) is 66.6 Å². The van der Waals surface area contributed by atoms with E-state index in [-0.39, 0.29) is 11.0 Å². The molecule has 292 valence electrons. The van der Waals surface area contributed by atoms with Gasteiger partial charge in [0.2, 0.25) is 0 Å². The van der Waals surface area contributed by atoms with Crippen LogP contribution in [0.1, 0.15) is 52.7 Å². The first-order valence-electron chi connectivity index (χ1n) is 18.6. The van der Waals surface area contributed by atoms with E-state index in [9.17, 15) is 19.2 Å². The Labute approximate surface area is 330 Å².